The second kappa shape index (κ2) is 5.61. The van der Waals surface area contributed by atoms with Crippen LogP contribution in [-0.4, -0.2) is 37.6 Å². The Morgan fingerprint density at radius 3 is 2.31 bits per heavy atom. The predicted molar refractivity (Wildman–Crippen MR) is 58.0 cm³/mol. The summed E-state index contributed by atoms with van der Waals surface area (Å²) < 4.78 is 0. The van der Waals surface area contributed by atoms with E-state index < -0.39 is 0 Å². The number of likely N-dealkylation sites (N-methyl/N-ethyl adjacent to an activating group) is 1. The summed E-state index contributed by atoms with van der Waals surface area (Å²) in [6, 6.07) is 0.771. The van der Waals surface area contributed by atoms with E-state index >= 15 is 0 Å². The van der Waals surface area contributed by atoms with Gasteiger partial charge in [-0.05, 0) is 45.3 Å². The maximum absolute atomic E-state index is 3.31. The Balaban J connectivity index is 2.35. The second-order valence-corrected chi connectivity index (χ2v) is 4.58. The van der Waals surface area contributed by atoms with Crippen LogP contribution in [0.1, 0.15) is 33.1 Å². The largest absolute Gasteiger partial charge is 0.318 e. The van der Waals surface area contributed by atoms with Crippen LogP contribution in [0.15, 0.2) is 0 Å². The van der Waals surface area contributed by atoms with Crippen LogP contribution in [0.4, 0.5) is 0 Å². The standard InChI is InChI=1S/C11H24N2/c1-10(2)8-11(9-12-3)13-6-4-5-7-13/h10-12H,4-9H2,1-3H3/t11-/m1/s1. The van der Waals surface area contributed by atoms with Crippen LogP contribution in [0.25, 0.3) is 0 Å². The zero-order valence-electron chi connectivity index (χ0n) is 9.34. The second-order valence-electron chi connectivity index (χ2n) is 4.58. The topological polar surface area (TPSA) is 15.3 Å². The average Bonchev–Trinajstić information content (AvgIpc) is 2.54. The maximum atomic E-state index is 3.31. The van der Waals surface area contributed by atoms with E-state index in [0.717, 1.165) is 18.5 Å². The Kier molecular flexibility index (Phi) is 4.74. The Hall–Kier alpha value is -0.0800. The Labute approximate surface area is 82.7 Å². The van der Waals surface area contributed by atoms with Gasteiger partial charge in [-0.2, -0.15) is 0 Å². The molecule has 1 atom stereocenters. The Bertz CT molecular complexity index is 128. The molecule has 1 aliphatic heterocycles. The molecular weight excluding hydrogens is 160 g/mol. The fourth-order valence-electron chi connectivity index (χ4n) is 2.25. The molecule has 0 aromatic rings. The van der Waals surface area contributed by atoms with Gasteiger partial charge in [0, 0.05) is 12.6 Å². The van der Waals surface area contributed by atoms with Crippen molar-refractivity contribution in [2.75, 3.05) is 26.7 Å². The lowest BCUT2D eigenvalue weighted by molar-refractivity contribution is 0.210. The van der Waals surface area contributed by atoms with Gasteiger partial charge in [0.2, 0.25) is 0 Å². The van der Waals surface area contributed by atoms with E-state index in [-0.39, 0.29) is 0 Å². The number of hydrogen-bond donors (Lipinski definition) is 1. The number of likely N-dealkylation sites (tertiary alicyclic amines) is 1. The highest BCUT2D eigenvalue weighted by molar-refractivity contribution is 4.78. The smallest absolute Gasteiger partial charge is 0.0222 e. The summed E-state index contributed by atoms with van der Waals surface area (Å²) >= 11 is 0. The maximum Gasteiger partial charge on any atom is 0.0222 e. The molecule has 1 aliphatic rings. The van der Waals surface area contributed by atoms with Crippen LogP contribution < -0.4 is 5.32 Å². The molecule has 0 aliphatic carbocycles. The molecular formula is C11H24N2. The van der Waals surface area contributed by atoms with Crippen molar-refractivity contribution >= 4 is 0 Å². The van der Waals surface area contributed by atoms with Gasteiger partial charge < -0.3 is 5.32 Å². The fourth-order valence-corrected chi connectivity index (χ4v) is 2.25. The molecule has 1 saturated heterocycles. The summed E-state index contributed by atoms with van der Waals surface area (Å²) in [4.78, 5) is 2.65. The third-order valence-electron chi connectivity index (χ3n) is 2.84. The van der Waals surface area contributed by atoms with Gasteiger partial charge in [0.25, 0.3) is 0 Å². The zero-order valence-corrected chi connectivity index (χ0v) is 9.34. The van der Waals surface area contributed by atoms with E-state index in [0.29, 0.717) is 0 Å². The van der Waals surface area contributed by atoms with Crippen LogP contribution in [0.5, 0.6) is 0 Å². The van der Waals surface area contributed by atoms with Gasteiger partial charge >= 0.3 is 0 Å². The average molecular weight is 184 g/mol. The zero-order chi connectivity index (χ0) is 9.68. The molecule has 0 saturated carbocycles. The molecule has 0 spiro atoms. The van der Waals surface area contributed by atoms with E-state index in [2.05, 4.69) is 31.1 Å². The minimum atomic E-state index is 0.771. The van der Waals surface area contributed by atoms with Gasteiger partial charge in [-0.15, -0.1) is 0 Å². The van der Waals surface area contributed by atoms with E-state index in [4.69, 9.17) is 0 Å². The minimum absolute atomic E-state index is 0.771. The molecule has 0 amide bonds. The first kappa shape index (κ1) is 11.0. The van der Waals surface area contributed by atoms with Crippen molar-refractivity contribution < 1.29 is 0 Å². The van der Waals surface area contributed by atoms with E-state index in [1.54, 1.807) is 0 Å². The number of nitrogens with one attached hydrogen (secondary N) is 1. The van der Waals surface area contributed by atoms with Crippen molar-refractivity contribution in [3.63, 3.8) is 0 Å². The highest BCUT2D eigenvalue weighted by Crippen LogP contribution is 2.16. The van der Waals surface area contributed by atoms with Gasteiger partial charge in [0.15, 0.2) is 0 Å². The van der Waals surface area contributed by atoms with Crippen LogP contribution >= 0.6 is 0 Å². The van der Waals surface area contributed by atoms with Crippen LogP contribution in [0.3, 0.4) is 0 Å². The van der Waals surface area contributed by atoms with Crippen LogP contribution in [0.2, 0.25) is 0 Å². The van der Waals surface area contributed by atoms with Crippen molar-refractivity contribution in [1.82, 2.24) is 10.2 Å². The SMILES string of the molecule is CNC[C@@H](CC(C)C)N1CCCC1. The molecule has 2 heteroatoms. The molecule has 2 nitrogen and oxygen atoms in total. The summed E-state index contributed by atoms with van der Waals surface area (Å²) in [5.74, 6) is 0.818. The Morgan fingerprint density at radius 2 is 1.85 bits per heavy atom. The Morgan fingerprint density at radius 1 is 1.23 bits per heavy atom. The fraction of sp³-hybridized carbons (Fsp3) is 1.00. The number of rotatable bonds is 5. The van der Waals surface area contributed by atoms with Crippen molar-refractivity contribution in [2.24, 2.45) is 5.92 Å². The molecule has 0 radical (unpaired) electrons. The summed E-state index contributed by atoms with van der Waals surface area (Å²) in [6.07, 6.45) is 4.14. The first-order valence-electron chi connectivity index (χ1n) is 5.62. The molecule has 0 aromatic heterocycles. The molecule has 1 fully saturated rings. The lowest BCUT2D eigenvalue weighted by Gasteiger charge is -2.28. The molecule has 0 aromatic carbocycles. The molecule has 0 bridgehead atoms. The first-order chi connectivity index (χ1) is 6.24. The van der Waals surface area contributed by atoms with Crippen LogP contribution in [-0.2, 0) is 0 Å². The highest BCUT2D eigenvalue weighted by atomic mass is 15.2. The molecule has 78 valence electrons. The van der Waals surface area contributed by atoms with Gasteiger partial charge in [-0.1, -0.05) is 13.8 Å². The van der Waals surface area contributed by atoms with Crippen LogP contribution in [0, 0.1) is 5.92 Å². The molecule has 1 N–H and O–H groups in total. The summed E-state index contributed by atoms with van der Waals surface area (Å²) in [7, 11) is 2.06. The van der Waals surface area contributed by atoms with E-state index in [9.17, 15) is 0 Å². The molecule has 1 heterocycles. The molecule has 1 rings (SSSR count). The minimum Gasteiger partial charge on any atom is -0.318 e. The quantitative estimate of drug-likeness (QED) is 0.700. The first-order valence-corrected chi connectivity index (χ1v) is 5.62. The summed E-state index contributed by atoms with van der Waals surface area (Å²) in [6.45, 7) is 8.42. The summed E-state index contributed by atoms with van der Waals surface area (Å²) in [5.41, 5.74) is 0. The van der Waals surface area contributed by atoms with E-state index in [1.807, 2.05) is 0 Å². The van der Waals surface area contributed by atoms with Crippen molar-refractivity contribution in [3.05, 3.63) is 0 Å². The highest BCUT2D eigenvalue weighted by Gasteiger charge is 2.21. The third-order valence-corrected chi connectivity index (χ3v) is 2.84. The lowest BCUT2D eigenvalue weighted by Crippen LogP contribution is -2.40. The van der Waals surface area contributed by atoms with Crippen molar-refractivity contribution in [3.8, 4) is 0 Å². The van der Waals surface area contributed by atoms with E-state index in [1.165, 1.54) is 32.4 Å². The lowest BCUT2D eigenvalue weighted by atomic mass is 10.0. The normalized spacial score (nSPS) is 21.2. The van der Waals surface area contributed by atoms with Crippen molar-refractivity contribution in [1.29, 1.82) is 0 Å². The molecule has 13 heavy (non-hydrogen) atoms. The van der Waals surface area contributed by atoms with Gasteiger partial charge in [-0.25, -0.2) is 0 Å². The molecule has 0 unspecified atom stereocenters. The van der Waals surface area contributed by atoms with Gasteiger partial charge in [0.05, 0.1) is 0 Å². The number of nitrogens with zero attached hydrogens (tertiary/aromatic N) is 1. The van der Waals surface area contributed by atoms with Gasteiger partial charge in [-0.3, -0.25) is 4.90 Å². The van der Waals surface area contributed by atoms with Crippen molar-refractivity contribution in [2.45, 2.75) is 39.2 Å². The van der Waals surface area contributed by atoms with Gasteiger partial charge in [0.1, 0.15) is 0 Å². The monoisotopic (exact) mass is 184 g/mol. The third kappa shape index (κ3) is 3.65. The number of hydrogen-bond acceptors (Lipinski definition) is 2. The summed E-state index contributed by atoms with van der Waals surface area (Å²) in [5, 5.41) is 3.31. The predicted octanol–water partition coefficient (Wildman–Crippen LogP) is 1.72.